The smallest absolute Gasteiger partial charge is 0.397 e. The van der Waals surface area contributed by atoms with Crippen LogP contribution in [0.2, 0.25) is 0 Å². The van der Waals surface area contributed by atoms with E-state index in [2.05, 4.69) is 0 Å². The molecule has 8 heteroatoms. The number of nitrogens with zero attached hydrogens (tertiary/aromatic N) is 1. The van der Waals surface area contributed by atoms with Crippen molar-refractivity contribution in [3.63, 3.8) is 0 Å². The van der Waals surface area contributed by atoms with E-state index in [0.29, 0.717) is 0 Å². The Hall–Kier alpha value is -1.31. The van der Waals surface area contributed by atoms with Gasteiger partial charge in [0.05, 0.1) is 19.1 Å². The molecule has 0 saturated carbocycles. The van der Waals surface area contributed by atoms with Crippen LogP contribution < -0.4 is 0 Å². The first-order valence-corrected chi connectivity index (χ1v) is 4.96. The monoisotopic (exact) mass is 255 g/mol. The van der Waals surface area contributed by atoms with Crippen molar-refractivity contribution in [2.45, 2.75) is 25.1 Å². The van der Waals surface area contributed by atoms with Gasteiger partial charge < -0.3 is 14.7 Å². The fourth-order valence-corrected chi connectivity index (χ4v) is 1.55. The molecule has 1 rings (SSSR count). The molecule has 0 radical (unpaired) electrons. The van der Waals surface area contributed by atoms with E-state index in [0.717, 1.165) is 4.90 Å². The van der Waals surface area contributed by atoms with E-state index in [1.165, 1.54) is 0 Å². The van der Waals surface area contributed by atoms with Gasteiger partial charge in [-0.15, -0.1) is 0 Å². The van der Waals surface area contributed by atoms with Gasteiger partial charge in [0.1, 0.15) is 6.42 Å². The van der Waals surface area contributed by atoms with Crippen LogP contribution in [0.3, 0.4) is 0 Å². The highest BCUT2D eigenvalue weighted by Gasteiger charge is 2.35. The van der Waals surface area contributed by atoms with Gasteiger partial charge in [-0.2, -0.15) is 13.2 Å². The number of carboxylic acids is 1. The van der Waals surface area contributed by atoms with E-state index in [4.69, 9.17) is 9.84 Å². The summed E-state index contributed by atoms with van der Waals surface area (Å²) in [5, 5.41) is 8.51. The van der Waals surface area contributed by atoms with Gasteiger partial charge in [-0.05, 0) is 0 Å². The summed E-state index contributed by atoms with van der Waals surface area (Å²) in [6, 6.07) is 0. The summed E-state index contributed by atoms with van der Waals surface area (Å²) in [5.74, 6) is -2.16. The third-order valence-corrected chi connectivity index (χ3v) is 2.25. The van der Waals surface area contributed by atoms with Gasteiger partial charge >= 0.3 is 12.1 Å². The fourth-order valence-electron chi connectivity index (χ4n) is 1.55. The Morgan fingerprint density at radius 2 is 2.06 bits per heavy atom. The van der Waals surface area contributed by atoms with Crippen LogP contribution in [0.15, 0.2) is 0 Å². The number of hydrogen-bond donors (Lipinski definition) is 1. The highest BCUT2D eigenvalue weighted by molar-refractivity contribution is 5.77. The highest BCUT2D eigenvalue weighted by atomic mass is 19.4. The fraction of sp³-hybridized carbons (Fsp3) is 0.778. The summed E-state index contributed by atoms with van der Waals surface area (Å²) < 4.78 is 41.0. The zero-order chi connectivity index (χ0) is 13.1. The first kappa shape index (κ1) is 13.8. The number of hydrogen-bond acceptors (Lipinski definition) is 3. The summed E-state index contributed by atoms with van der Waals surface area (Å²) in [5.41, 5.74) is 0. The summed E-state index contributed by atoms with van der Waals surface area (Å²) in [4.78, 5) is 22.6. The molecule has 1 saturated heterocycles. The van der Waals surface area contributed by atoms with Crippen LogP contribution in [-0.4, -0.2) is 53.9 Å². The van der Waals surface area contributed by atoms with E-state index >= 15 is 0 Å². The SMILES string of the molecule is O=C(O)CC1CN(C(=O)CC(F)(F)F)CCO1. The second kappa shape index (κ2) is 5.35. The van der Waals surface area contributed by atoms with E-state index < -0.39 is 30.6 Å². The molecule has 1 N–H and O–H groups in total. The van der Waals surface area contributed by atoms with Gasteiger partial charge in [0.15, 0.2) is 0 Å². The van der Waals surface area contributed by atoms with Gasteiger partial charge in [-0.25, -0.2) is 0 Å². The number of morpholine rings is 1. The Kier molecular flexibility index (Phi) is 4.33. The molecule has 1 heterocycles. The third kappa shape index (κ3) is 5.03. The van der Waals surface area contributed by atoms with Crippen LogP contribution in [-0.2, 0) is 14.3 Å². The minimum atomic E-state index is -4.54. The van der Waals surface area contributed by atoms with Crippen molar-refractivity contribution in [3.8, 4) is 0 Å². The van der Waals surface area contributed by atoms with Gasteiger partial charge in [-0.1, -0.05) is 0 Å². The molecule has 0 bridgehead atoms. The maximum atomic E-state index is 12.0. The lowest BCUT2D eigenvalue weighted by atomic mass is 10.2. The van der Waals surface area contributed by atoms with Crippen LogP contribution in [0.25, 0.3) is 0 Å². The molecular weight excluding hydrogens is 243 g/mol. The van der Waals surface area contributed by atoms with E-state index in [-0.39, 0.29) is 26.1 Å². The Balaban J connectivity index is 2.49. The van der Waals surface area contributed by atoms with Crippen molar-refractivity contribution in [1.82, 2.24) is 4.90 Å². The number of rotatable bonds is 3. The molecule has 0 aromatic rings. The Labute approximate surface area is 95.1 Å². The number of carbonyl (C=O) groups is 2. The number of aliphatic carboxylic acids is 1. The maximum absolute atomic E-state index is 12.0. The van der Waals surface area contributed by atoms with Crippen LogP contribution in [0.4, 0.5) is 13.2 Å². The quantitative estimate of drug-likeness (QED) is 0.803. The molecule has 1 unspecified atom stereocenters. The van der Waals surface area contributed by atoms with Crippen molar-refractivity contribution >= 4 is 11.9 Å². The lowest BCUT2D eigenvalue weighted by molar-refractivity contribution is -0.167. The Morgan fingerprint density at radius 1 is 1.41 bits per heavy atom. The molecular formula is C9H12F3NO4. The van der Waals surface area contributed by atoms with Crippen LogP contribution in [0, 0.1) is 0 Å². The maximum Gasteiger partial charge on any atom is 0.397 e. The molecule has 0 aliphatic carbocycles. The number of amides is 1. The first-order valence-electron chi connectivity index (χ1n) is 4.96. The number of carboxylic acid groups (broad SMARTS) is 1. The third-order valence-electron chi connectivity index (χ3n) is 2.25. The topological polar surface area (TPSA) is 66.8 Å². The predicted octanol–water partition coefficient (Wildman–Crippen LogP) is 0.641. The first-order chi connectivity index (χ1) is 7.78. The van der Waals surface area contributed by atoms with E-state index in [9.17, 15) is 22.8 Å². The Morgan fingerprint density at radius 3 is 2.59 bits per heavy atom. The van der Waals surface area contributed by atoms with Gasteiger partial charge in [0, 0.05) is 13.1 Å². The lowest BCUT2D eigenvalue weighted by Crippen LogP contribution is -2.47. The summed E-state index contributed by atoms with van der Waals surface area (Å²) in [6.07, 6.45) is -7.13. The van der Waals surface area contributed by atoms with Gasteiger partial charge in [0.2, 0.25) is 5.91 Å². The van der Waals surface area contributed by atoms with E-state index in [1.807, 2.05) is 0 Å². The number of carbonyl (C=O) groups excluding carboxylic acids is 1. The summed E-state index contributed by atoms with van der Waals surface area (Å²) in [6.45, 7) is 0.00773. The number of alkyl halides is 3. The average molecular weight is 255 g/mol. The molecule has 1 fully saturated rings. The number of halogens is 3. The standard InChI is InChI=1S/C9H12F3NO4/c10-9(11,12)4-7(14)13-1-2-17-6(5-13)3-8(15)16/h6H,1-5H2,(H,15,16). The minimum Gasteiger partial charge on any atom is -0.481 e. The van der Waals surface area contributed by atoms with Crippen LogP contribution in [0.1, 0.15) is 12.8 Å². The molecule has 1 aliphatic rings. The molecule has 5 nitrogen and oxygen atoms in total. The Bertz CT molecular complexity index is 305. The molecule has 98 valence electrons. The van der Waals surface area contributed by atoms with Gasteiger partial charge in [-0.3, -0.25) is 9.59 Å². The normalized spacial score (nSPS) is 21.4. The van der Waals surface area contributed by atoms with Crippen molar-refractivity contribution in [3.05, 3.63) is 0 Å². The molecule has 1 aliphatic heterocycles. The largest absolute Gasteiger partial charge is 0.481 e. The van der Waals surface area contributed by atoms with Gasteiger partial charge in [0.25, 0.3) is 0 Å². The van der Waals surface area contributed by atoms with Crippen LogP contribution >= 0.6 is 0 Å². The number of ether oxygens (including phenoxy) is 1. The zero-order valence-corrected chi connectivity index (χ0v) is 8.87. The molecule has 17 heavy (non-hydrogen) atoms. The van der Waals surface area contributed by atoms with Crippen LogP contribution in [0.5, 0.6) is 0 Å². The lowest BCUT2D eigenvalue weighted by Gasteiger charge is -2.32. The molecule has 1 atom stereocenters. The van der Waals surface area contributed by atoms with Crippen molar-refractivity contribution in [2.75, 3.05) is 19.7 Å². The van der Waals surface area contributed by atoms with Crippen molar-refractivity contribution in [2.24, 2.45) is 0 Å². The minimum absolute atomic E-state index is 0.0571. The molecule has 0 aromatic carbocycles. The summed E-state index contributed by atoms with van der Waals surface area (Å²) in [7, 11) is 0. The second-order valence-electron chi connectivity index (χ2n) is 3.72. The second-order valence-corrected chi connectivity index (χ2v) is 3.72. The predicted molar refractivity (Wildman–Crippen MR) is 49.2 cm³/mol. The zero-order valence-electron chi connectivity index (χ0n) is 8.87. The average Bonchev–Trinajstić information content (AvgIpc) is 2.14. The molecule has 1 amide bonds. The molecule has 0 spiro atoms. The molecule has 0 aromatic heterocycles. The van der Waals surface area contributed by atoms with E-state index in [1.54, 1.807) is 0 Å². The summed E-state index contributed by atoms with van der Waals surface area (Å²) >= 11 is 0. The van der Waals surface area contributed by atoms with Crippen molar-refractivity contribution < 1.29 is 32.6 Å². The highest BCUT2D eigenvalue weighted by Crippen LogP contribution is 2.21. The van der Waals surface area contributed by atoms with Crippen molar-refractivity contribution in [1.29, 1.82) is 0 Å².